The number of nitrogens with one attached hydrogen (secondary N) is 2. The van der Waals surface area contributed by atoms with Crippen LogP contribution in [0.5, 0.6) is 0 Å². The lowest BCUT2D eigenvalue weighted by atomic mass is 9.82. The number of aromatic nitrogens is 2. The molecule has 1 aliphatic heterocycles. The van der Waals surface area contributed by atoms with Gasteiger partial charge in [0.2, 0.25) is 0 Å². The van der Waals surface area contributed by atoms with E-state index in [0.29, 0.717) is 49.2 Å². The second kappa shape index (κ2) is 11.8. The Morgan fingerprint density at radius 3 is 2.72 bits per heavy atom. The van der Waals surface area contributed by atoms with Crippen LogP contribution in [-0.2, 0) is 16.0 Å². The number of nitrogens with zero attached hydrogens (tertiary/aromatic N) is 4. The molecule has 0 saturated heterocycles. The maximum absolute atomic E-state index is 13.6. The van der Waals surface area contributed by atoms with Gasteiger partial charge in [-0.3, -0.25) is 15.0 Å². The molecular formula is C29H28ClFN6O2. The van der Waals surface area contributed by atoms with Gasteiger partial charge in [0.1, 0.15) is 30.4 Å². The molecule has 5 rings (SSSR count). The van der Waals surface area contributed by atoms with Gasteiger partial charge in [0.15, 0.2) is 5.76 Å². The van der Waals surface area contributed by atoms with Gasteiger partial charge in [-0.15, -0.1) is 0 Å². The van der Waals surface area contributed by atoms with Crippen LogP contribution < -0.4 is 10.6 Å². The van der Waals surface area contributed by atoms with Gasteiger partial charge in [0.05, 0.1) is 29.1 Å². The van der Waals surface area contributed by atoms with Gasteiger partial charge in [0.25, 0.3) is 0 Å². The first kappa shape index (κ1) is 26.5. The molecule has 3 aromatic rings. The number of aliphatic imine (C=N–C) groups is 2. The Kier molecular flexibility index (Phi) is 7.99. The molecule has 8 nitrogen and oxygen atoms in total. The summed E-state index contributed by atoms with van der Waals surface area (Å²) in [6.45, 7) is 3.71. The van der Waals surface area contributed by atoms with Crippen LogP contribution in [0.25, 0.3) is 11.4 Å². The predicted octanol–water partition coefficient (Wildman–Crippen LogP) is 5.54. The summed E-state index contributed by atoms with van der Waals surface area (Å²) in [5, 5.41) is 6.65. The van der Waals surface area contributed by atoms with Crippen molar-refractivity contribution in [3.63, 3.8) is 0 Å². The Morgan fingerprint density at radius 1 is 1.10 bits per heavy atom. The third kappa shape index (κ3) is 6.16. The average Bonchev–Trinajstić information content (AvgIpc) is 2.95. The highest BCUT2D eigenvalue weighted by atomic mass is 35.5. The van der Waals surface area contributed by atoms with E-state index in [2.05, 4.69) is 30.6 Å². The number of rotatable bonds is 9. The van der Waals surface area contributed by atoms with Gasteiger partial charge in [-0.1, -0.05) is 23.7 Å². The quantitative estimate of drug-likeness (QED) is 0.342. The third-order valence-electron chi connectivity index (χ3n) is 6.47. The van der Waals surface area contributed by atoms with Crippen molar-refractivity contribution in [2.45, 2.75) is 25.4 Å². The number of benzene rings is 1. The van der Waals surface area contributed by atoms with E-state index in [1.165, 1.54) is 18.5 Å². The molecule has 3 heterocycles. The number of fused-ring (bicyclic) bond motifs is 1. The van der Waals surface area contributed by atoms with Crippen molar-refractivity contribution in [3.05, 3.63) is 100 Å². The standard InChI is InChI=1S/C29H28ClFN6O2/c1-29-15-27(38-2)26(14-21(29)28(35-18-36-29)37-20-7-8-23(31)22(30)13-20)39-12-11-32-16-19-6-9-25(34-17-19)24-5-3-4-10-33-24/h3-10,13-14,17-18,32H,11-12,15-16H2,1-2H3,(H,35,36,37). The summed E-state index contributed by atoms with van der Waals surface area (Å²) >= 11 is 5.96. The molecule has 0 fully saturated rings. The van der Waals surface area contributed by atoms with Crippen LogP contribution in [0, 0.1) is 5.82 Å². The Balaban J connectivity index is 1.20. The predicted molar refractivity (Wildman–Crippen MR) is 151 cm³/mol. The SMILES string of the molecule is COC1=C(OCCNCc2ccc(-c3ccccn3)nc2)C=C2C(Nc3ccc(F)c(Cl)c3)=NC=NC2(C)C1. The van der Waals surface area contributed by atoms with Crippen LogP contribution in [-0.4, -0.2) is 47.9 Å². The number of allylic oxidation sites excluding steroid dienone is 1. The van der Waals surface area contributed by atoms with Crippen molar-refractivity contribution in [2.75, 3.05) is 25.6 Å². The Labute approximate surface area is 231 Å². The maximum atomic E-state index is 13.6. The zero-order valence-electron chi connectivity index (χ0n) is 21.6. The van der Waals surface area contributed by atoms with E-state index in [-0.39, 0.29) is 5.02 Å². The summed E-state index contributed by atoms with van der Waals surface area (Å²) in [7, 11) is 1.63. The number of hydrogen-bond acceptors (Lipinski definition) is 8. The first-order valence-corrected chi connectivity index (χ1v) is 12.9. The molecule has 1 unspecified atom stereocenters. The molecule has 0 saturated carbocycles. The molecule has 2 N–H and O–H groups in total. The number of hydrogen-bond donors (Lipinski definition) is 2. The van der Waals surface area contributed by atoms with Gasteiger partial charge < -0.3 is 20.1 Å². The molecule has 0 radical (unpaired) electrons. The van der Waals surface area contributed by atoms with Crippen LogP contribution in [0.2, 0.25) is 5.02 Å². The molecule has 2 aromatic heterocycles. The van der Waals surface area contributed by atoms with Gasteiger partial charge in [-0.2, -0.15) is 0 Å². The van der Waals surface area contributed by atoms with Crippen molar-refractivity contribution in [2.24, 2.45) is 9.98 Å². The number of methoxy groups -OCH3 is 1. The zero-order chi connectivity index (χ0) is 27.2. The summed E-state index contributed by atoms with van der Waals surface area (Å²) in [6, 6.07) is 14.2. The molecule has 0 amide bonds. The first-order valence-electron chi connectivity index (χ1n) is 12.5. The number of amidine groups is 1. The number of anilines is 1. The summed E-state index contributed by atoms with van der Waals surface area (Å²) < 4.78 is 25.4. The van der Waals surface area contributed by atoms with Crippen LogP contribution in [0.3, 0.4) is 0 Å². The topological polar surface area (TPSA) is 93.0 Å². The molecule has 200 valence electrons. The molecule has 1 atom stereocenters. The van der Waals surface area contributed by atoms with Crippen LogP contribution >= 0.6 is 11.6 Å². The molecule has 2 aliphatic rings. The third-order valence-corrected chi connectivity index (χ3v) is 6.76. The van der Waals surface area contributed by atoms with Crippen molar-refractivity contribution >= 4 is 29.5 Å². The van der Waals surface area contributed by atoms with Gasteiger partial charge >= 0.3 is 0 Å². The summed E-state index contributed by atoms with van der Waals surface area (Å²) in [5.74, 6) is 1.44. The van der Waals surface area contributed by atoms with Crippen molar-refractivity contribution < 1.29 is 13.9 Å². The maximum Gasteiger partial charge on any atom is 0.157 e. The molecule has 1 aromatic carbocycles. The van der Waals surface area contributed by atoms with Crippen LogP contribution in [0.4, 0.5) is 10.1 Å². The summed E-state index contributed by atoms with van der Waals surface area (Å²) in [4.78, 5) is 17.9. The molecule has 0 spiro atoms. The Bertz CT molecular complexity index is 1460. The second-order valence-corrected chi connectivity index (χ2v) is 9.68. The van der Waals surface area contributed by atoms with E-state index in [1.807, 2.05) is 49.5 Å². The molecule has 39 heavy (non-hydrogen) atoms. The highest BCUT2D eigenvalue weighted by Crippen LogP contribution is 2.38. The van der Waals surface area contributed by atoms with Gasteiger partial charge in [-0.25, -0.2) is 9.38 Å². The second-order valence-electron chi connectivity index (χ2n) is 9.27. The van der Waals surface area contributed by atoms with E-state index in [4.69, 9.17) is 21.1 Å². The normalized spacial score (nSPS) is 18.3. The fraction of sp³-hybridized carbons (Fsp3) is 0.241. The van der Waals surface area contributed by atoms with E-state index in [9.17, 15) is 4.39 Å². The minimum absolute atomic E-state index is 0.0310. The fourth-order valence-electron chi connectivity index (χ4n) is 4.35. The lowest BCUT2D eigenvalue weighted by Gasteiger charge is -2.35. The van der Waals surface area contributed by atoms with E-state index in [1.54, 1.807) is 19.4 Å². The molecule has 1 aliphatic carbocycles. The smallest absolute Gasteiger partial charge is 0.157 e. The number of halogens is 2. The number of ether oxygens (including phenoxy) is 2. The summed E-state index contributed by atoms with van der Waals surface area (Å²) in [6.07, 6.45) is 7.53. The van der Waals surface area contributed by atoms with Gasteiger partial charge in [0, 0.05) is 43.2 Å². The van der Waals surface area contributed by atoms with E-state index in [0.717, 1.165) is 22.5 Å². The lowest BCUT2D eigenvalue weighted by Crippen LogP contribution is -2.38. The highest BCUT2D eigenvalue weighted by Gasteiger charge is 2.39. The Hall–Kier alpha value is -4.08. The van der Waals surface area contributed by atoms with Crippen LogP contribution in [0.1, 0.15) is 18.9 Å². The molecular weight excluding hydrogens is 519 g/mol. The first-order chi connectivity index (χ1) is 18.9. The number of pyridine rings is 2. The largest absolute Gasteiger partial charge is 0.497 e. The van der Waals surface area contributed by atoms with Crippen molar-refractivity contribution in [3.8, 4) is 11.4 Å². The Morgan fingerprint density at radius 2 is 1.97 bits per heavy atom. The van der Waals surface area contributed by atoms with Crippen molar-refractivity contribution in [1.29, 1.82) is 0 Å². The van der Waals surface area contributed by atoms with Crippen LogP contribution in [0.15, 0.2) is 94.1 Å². The minimum atomic E-state index is -0.585. The average molecular weight is 547 g/mol. The zero-order valence-corrected chi connectivity index (χ0v) is 22.4. The minimum Gasteiger partial charge on any atom is -0.497 e. The lowest BCUT2D eigenvalue weighted by molar-refractivity contribution is 0.172. The monoisotopic (exact) mass is 546 g/mol. The van der Waals surface area contributed by atoms with Gasteiger partial charge in [-0.05, 0) is 55.0 Å². The van der Waals surface area contributed by atoms with E-state index >= 15 is 0 Å². The molecule has 0 bridgehead atoms. The fourth-order valence-corrected chi connectivity index (χ4v) is 4.53. The summed E-state index contributed by atoms with van der Waals surface area (Å²) in [5.41, 5.74) is 3.63. The van der Waals surface area contributed by atoms with Crippen molar-refractivity contribution in [1.82, 2.24) is 15.3 Å². The van der Waals surface area contributed by atoms with E-state index < -0.39 is 11.4 Å². The highest BCUT2D eigenvalue weighted by molar-refractivity contribution is 6.31. The molecule has 10 heteroatoms.